The van der Waals surface area contributed by atoms with Gasteiger partial charge in [-0.3, -0.25) is 0 Å². The summed E-state index contributed by atoms with van der Waals surface area (Å²) in [5, 5.41) is 4.43. The lowest BCUT2D eigenvalue weighted by Gasteiger charge is -2.30. The van der Waals surface area contributed by atoms with Crippen LogP contribution in [0.4, 0.5) is 0 Å². The first kappa shape index (κ1) is 38.3. The van der Waals surface area contributed by atoms with Crippen LogP contribution in [0.1, 0.15) is 22.3 Å². The van der Waals surface area contributed by atoms with Gasteiger partial charge in [0.05, 0.1) is 5.41 Å². The van der Waals surface area contributed by atoms with E-state index in [-0.39, 0.29) is 5.41 Å². The van der Waals surface area contributed by atoms with Crippen molar-refractivity contribution >= 4 is 53.4 Å². The molecule has 3 heterocycles. The summed E-state index contributed by atoms with van der Waals surface area (Å²) < 4.78 is 8.97. The largest absolute Gasteiger partial charge is 0.456 e. The van der Waals surface area contributed by atoms with Gasteiger partial charge in [0.15, 0.2) is 17.5 Å². The monoisotopic (exact) mass is 895 g/mol. The van der Waals surface area contributed by atoms with Gasteiger partial charge in [0, 0.05) is 47.6 Å². The Morgan fingerprint density at radius 1 is 0.319 bits per heavy atom. The van der Waals surface area contributed by atoms with Crippen LogP contribution in [-0.4, -0.2) is 15.0 Å². The maximum absolute atomic E-state index is 6.57. The molecule has 0 radical (unpaired) electrons. The molecule has 69 heavy (non-hydrogen) atoms. The molecule has 0 unspecified atom stereocenters. The van der Waals surface area contributed by atoms with Crippen molar-refractivity contribution in [2.75, 3.05) is 0 Å². The number of hydrogen-bond donors (Lipinski definition) is 0. The van der Waals surface area contributed by atoms with Crippen LogP contribution in [0.25, 0.3) is 121 Å². The van der Waals surface area contributed by atoms with Gasteiger partial charge in [-0.2, -0.15) is 0 Å². The van der Waals surface area contributed by atoms with Gasteiger partial charge >= 0.3 is 0 Å². The molecule has 10 aromatic carbocycles. The van der Waals surface area contributed by atoms with E-state index in [1.807, 2.05) is 30.3 Å². The summed E-state index contributed by atoms with van der Waals surface area (Å²) in [4.78, 5) is 15.6. The van der Waals surface area contributed by atoms with Crippen LogP contribution in [0.5, 0.6) is 0 Å². The Morgan fingerprint density at radius 2 is 0.841 bits per heavy atom. The molecule has 0 atom stereocenters. The van der Waals surface area contributed by atoms with E-state index >= 15 is 0 Å². The molecule has 4 nitrogen and oxygen atoms in total. The Hall–Kier alpha value is -8.77. The fraction of sp³-hybridized carbons (Fsp3) is 0.0156. The molecule has 0 saturated heterocycles. The maximum Gasteiger partial charge on any atom is 0.165 e. The fourth-order valence-corrected chi connectivity index (χ4v) is 12.8. The molecule has 0 bridgehead atoms. The van der Waals surface area contributed by atoms with Crippen molar-refractivity contribution in [2.24, 2.45) is 0 Å². The quantitative estimate of drug-likeness (QED) is 0.173. The summed E-state index contributed by atoms with van der Waals surface area (Å²) in [6, 6.07) is 80.9. The Labute approximate surface area is 401 Å². The highest BCUT2D eigenvalue weighted by Crippen LogP contribution is 2.63. The summed E-state index contributed by atoms with van der Waals surface area (Å²) in [6.45, 7) is 0. The predicted octanol–water partition coefficient (Wildman–Crippen LogP) is 16.8. The van der Waals surface area contributed by atoms with E-state index in [0.29, 0.717) is 17.5 Å². The topological polar surface area (TPSA) is 51.8 Å². The molecule has 2 aliphatic carbocycles. The van der Waals surface area contributed by atoms with Crippen LogP contribution in [0.2, 0.25) is 0 Å². The van der Waals surface area contributed by atoms with E-state index in [1.165, 1.54) is 71.1 Å². The minimum atomic E-state index is -0.346. The molecular weight excluding hydrogens is 859 g/mol. The second-order valence-corrected chi connectivity index (χ2v) is 19.2. The van der Waals surface area contributed by atoms with Crippen LogP contribution >= 0.6 is 11.3 Å². The number of rotatable bonds is 5. The third kappa shape index (κ3) is 5.53. The number of benzene rings is 10. The first-order chi connectivity index (χ1) is 34.2. The Kier molecular flexibility index (Phi) is 8.12. The second-order valence-electron chi connectivity index (χ2n) is 18.2. The number of nitrogens with zero attached hydrogens (tertiary/aromatic N) is 3. The second kappa shape index (κ2) is 14.6. The molecule has 15 rings (SSSR count). The zero-order chi connectivity index (χ0) is 45.2. The summed E-state index contributed by atoms with van der Waals surface area (Å²) >= 11 is 1.78. The van der Waals surface area contributed by atoms with Crippen LogP contribution in [0.15, 0.2) is 229 Å². The molecule has 2 aliphatic rings. The molecule has 0 N–H and O–H groups in total. The van der Waals surface area contributed by atoms with E-state index < -0.39 is 0 Å². The molecular formula is C64H37N3OS. The smallest absolute Gasteiger partial charge is 0.165 e. The normalized spacial score (nSPS) is 13.0. The lowest BCUT2D eigenvalue weighted by atomic mass is 9.70. The van der Waals surface area contributed by atoms with Gasteiger partial charge in [0.2, 0.25) is 0 Å². The van der Waals surface area contributed by atoms with Crippen LogP contribution < -0.4 is 0 Å². The average molecular weight is 896 g/mol. The van der Waals surface area contributed by atoms with Gasteiger partial charge in [-0.05, 0) is 103 Å². The van der Waals surface area contributed by atoms with E-state index in [4.69, 9.17) is 19.4 Å². The number of fused-ring (bicyclic) bond motifs is 16. The predicted molar refractivity (Wildman–Crippen MR) is 283 cm³/mol. The highest BCUT2D eigenvalue weighted by molar-refractivity contribution is 7.26. The van der Waals surface area contributed by atoms with Gasteiger partial charge in [-0.25, -0.2) is 15.0 Å². The minimum absolute atomic E-state index is 0.346. The van der Waals surface area contributed by atoms with Crippen molar-refractivity contribution < 1.29 is 4.42 Å². The minimum Gasteiger partial charge on any atom is -0.456 e. The van der Waals surface area contributed by atoms with Gasteiger partial charge in [0.1, 0.15) is 11.2 Å². The van der Waals surface area contributed by atoms with Crippen LogP contribution in [0.3, 0.4) is 0 Å². The summed E-state index contributed by atoms with van der Waals surface area (Å²) in [7, 11) is 0. The van der Waals surface area contributed by atoms with E-state index in [0.717, 1.165) is 54.5 Å². The standard InChI is InChI=1S/C64H37N3OS/c1-2-14-40(15-3-1)61-65-62(67-63(66-61)49-22-12-20-47-46-19-7-11-27-58(46)69-60(47)49)48-21-13-26-57-59(48)51-37-42(33-35-56(51)68-57)39-30-28-38(29-31-39)41-32-34-55-50(36-41)45-18-6-10-25-54(45)64(55)52-23-8-4-16-43(52)44-17-5-9-24-53(44)64/h1-37H. The van der Waals surface area contributed by atoms with Gasteiger partial charge < -0.3 is 4.42 Å². The lowest BCUT2D eigenvalue weighted by Crippen LogP contribution is -2.25. The third-order valence-electron chi connectivity index (χ3n) is 14.6. The zero-order valence-corrected chi connectivity index (χ0v) is 37.8. The number of aromatic nitrogens is 3. The molecule has 320 valence electrons. The molecule has 13 aromatic rings. The summed E-state index contributed by atoms with van der Waals surface area (Å²) in [6.07, 6.45) is 0. The van der Waals surface area contributed by atoms with E-state index in [9.17, 15) is 0 Å². The maximum atomic E-state index is 6.57. The van der Waals surface area contributed by atoms with Crippen LogP contribution in [-0.2, 0) is 5.41 Å². The number of thiophene rings is 1. The van der Waals surface area contributed by atoms with Crippen LogP contribution in [0, 0.1) is 0 Å². The van der Waals surface area contributed by atoms with Gasteiger partial charge in [-0.1, -0.05) is 188 Å². The highest BCUT2D eigenvalue weighted by Gasteiger charge is 2.51. The molecule has 0 saturated carbocycles. The number of furan rings is 1. The van der Waals surface area contributed by atoms with Crippen molar-refractivity contribution in [3.63, 3.8) is 0 Å². The van der Waals surface area contributed by atoms with Gasteiger partial charge in [0.25, 0.3) is 0 Å². The Bertz CT molecular complexity index is 4220. The van der Waals surface area contributed by atoms with Crippen molar-refractivity contribution in [3.8, 4) is 78.7 Å². The molecule has 0 amide bonds. The zero-order valence-electron chi connectivity index (χ0n) is 37.0. The summed E-state index contributed by atoms with van der Waals surface area (Å²) in [5.41, 5.74) is 19.3. The molecule has 1 spiro atoms. The van der Waals surface area contributed by atoms with Gasteiger partial charge in [-0.15, -0.1) is 11.3 Å². The van der Waals surface area contributed by atoms with Crippen molar-refractivity contribution in [3.05, 3.63) is 247 Å². The first-order valence-corrected chi connectivity index (χ1v) is 24.2. The third-order valence-corrected chi connectivity index (χ3v) is 15.8. The van der Waals surface area contributed by atoms with Crippen molar-refractivity contribution in [2.45, 2.75) is 5.41 Å². The van der Waals surface area contributed by atoms with Crippen molar-refractivity contribution in [1.82, 2.24) is 15.0 Å². The molecule has 3 aromatic heterocycles. The first-order valence-electron chi connectivity index (χ1n) is 23.4. The van der Waals surface area contributed by atoms with Crippen molar-refractivity contribution in [1.29, 1.82) is 0 Å². The Balaban J connectivity index is 0.830. The highest BCUT2D eigenvalue weighted by atomic mass is 32.1. The number of hydrogen-bond acceptors (Lipinski definition) is 5. The molecule has 5 heteroatoms. The average Bonchev–Trinajstić information content (AvgIpc) is 4.16. The van der Waals surface area contributed by atoms with E-state index in [2.05, 4.69) is 194 Å². The summed E-state index contributed by atoms with van der Waals surface area (Å²) in [5.74, 6) is 1.87. The van der Waals surface area contributed by atoms with E-state index in [1.54, 1.807) is 11.3 Å². The lowest BCUT2D eigenvalue weighted by molar-refractivity contribution is 0.669. The fourth-order valence-electron chi connectivity index (χ4n) is 11.6. The molecule has 0 aliphatic heterocycles. The Morgan fingerprint density at radius 3 is 1.58 bits per heavy atom. The SMILES string of the molecule is c1ccc(-c2nc(-c3cccc4c3sc3ccccc34)nc(-c3cccc4oc5ccc(-c6ccc(-c7ccc8c(c7)-c7ccccc7C87c8ccccc8-c8ccccc87)cc6)cc5c34)n2)cc1. The molecule has 0 fully saturated rings.